The molecule has 0 spiro atoms. The van der Waals surface area contributed by atoms with Gasteiger partial charge in [0.05, 0.1) is 5.02 Å². The van der Waals surface area contributed by atoms with E-state index in [4.69, 9.17) is 11.6 Å². The van der Waals surface area contributed by atoms with E-state index in [9.17, 15) is 0 Å². The molecule has 25 heavy (non-hydrogen) atoms. The standard InChI is InChI=1S/C22H25ClN2/c23-22-19-10-4-2-8-17(19)21(18-9-3-5-11-20(18)22)16-24-12-15-25-13-6-1-7-14-25/h2-5,8-11,24H,1,6-7,12-16H2. The quantitative estimate of drug-likeness (QED) is 0.500. The molecule has 1 saturated heterocycles. The minimum Gasteiger partial charge on any atom is -0.311 e. The SMILES string of the molecule is Clc1c2ccccc2c(CNCCN2CCCCC2)c2ccccc12. The van der Waals surface area contributed by atoms with E-state index in [2.05, 4.69) is 58.7 Å². The van der Waals surface area contributed by atoms with Crippen LogP contribution in [0.5, 0.6) is 0 Å². The predicted octanol–water partition coefficient (Wildman–Crippen LogP) is 5.22. The third-order valence-electron chi connectivity index (χ3n) is 5.33. The monoisotopic (exact) mass is 352 g/mol. The molecular weight excluding hydrogens is 328 g/mol. The van der Waals surface area contributed by atoms with E-state index in [0.29, 0.717) is 0 Å². The fraction of sp³-hybridized carbons (Fsp3) is 0.364. The van der Waals surface area contributed by atoms with Crippen LogP contribution >= 0.6 is 11.6 Å². The Morgan fingerprint density at radius 3 is 1.96 bits per heavy atom. The van der Waals surface area contributed by atoms with E-state index in [1.165, 1.54) is 48.7 Å². The summed E-state index contributed by atoms with van der Waals surface area (Å²) in [5.41, 5.74) is 1.36. The fourth-order valence-corrected chi connectivity index (χ4v) is 4.32. The van der Waals surface area contributed by atoms with Gasteiger partial charge in [0, 0.05) is 30.4 Å². The van der Waals surface area contributed by atoms with Gasteiger partial charge in [-0.2, -0.15) is 0 Å². The second-order valence-corrected chi connectivity index (χ2v) is 7.34. The Labute approximate surface area is 154 Å². The summed E-state index contributed by atoms with van der Waals surface area (Å²) < 4.78 is 0. The summed E-state index contributed by atoms with van der Waals surface area (Å²) in [6, 6.07) is 17.0. The van der Waals surface area contributed by atoms with Crippen molar-refractivity contribution in [2.45, 2.75) is 25.8 Å². The van der Waals surface area contributed by atoms with Crippen molar-refractivity contribution in [2.24, 2.45) is 0 Å². The molecule has 130 valence electrons. The van der Waals surface area contributed by atoms with Gasteiger partial charge >= 0.3 is 0 Å². The van der Waals surface area contributed by atoms with Gasteiger partial charge < -0.3 is 10.2 Å². The van der Waals surface area contributed by atoms with Gasteiger partial charge in [-0.1, -0.05) is 66.6 Å². The number of benzene rings is 3. The summed E-state index contributed by atoms with van der Waals surface area (Å²) in [6.45, 7) is 5.57. The molecule has 0 atom stereocenters. The molecule has 3 aromatic carbocycles. The molecule has 1 N–H and O–H groups in total. The number of hydrogen-bond acceptors (Lipinski definition) is 2. The highest BCUT2D eigenvalue weighted by molar-refractivity contribution is 6.41. The van der Waals surface area contributed by atoms with Crippen LogP contribution < -0.4 is 5.32 Å². The molecule has 0 radical (unpaired) electrons. The van der Waals surface area contributed by atoms with E-state index < -0.39 is 0 Å². The summed E-state index contributed by atoms with van der Waals surface area (Å²) in [6.07, 6.45) is 4.10. The second-order valence-electron chi connectivity index (χ2n) is 6.96. The molecule has 3 aromatic rings. The highest BCUT2D eigenvalue weighted by Crippen LogP contribution is 2.35. The maximum atomic E-state index is 6.68. The van der Waals surface area contributed by atoms with Gasteiger partial charge in [0.25, 0.3) is 0 Å². The van der Waals surface area contributed by atoms with Crippen LogP contribution in [0.15, 0.2) is 48.5 Å². The van der Waals surface area contributed by atoms with Crippen molar-refractivity contribution >= 4 is 33.1 Å². The van der Waals surface area contributed by atoms with Crippen molar-refractivity contribution in [3.63, 3.8) is 0 Å². The van der Waals surface area contributed by atoms with Gasteiger partial charge in [0.2, 0.25) is 0 Å². The van der Waals surface area contributed by atoms with Crippen LogP contribution in [0.3, 0.4) is 0 Å². The number of hydrogen-bond donors (Lipinski definition) is 1. The number of nitrogens with zero attached hydrogens (tertiary/aromatic N) is 1. The maximum absolute atomic E-state index is 6.68. The summed E-state index contributed by atoms with van der Waals surface area (Å²) in [7, 11) is 0. The van der Waals surface area contributed by atoms with E-state index >= 15 is 0 Å². The molecule has 0 aliphatic carbocycles. The average Bonchev–Trinajstić information content (AvgIpc) is 2.68. The molecule has 0 saturated carbocycles. The molecule has 0 aromatic heterocycles. The minimum absolute atomic E-state index is 0.864. The summed E-state index contributed by atoms with van der Waals surface area (Å²) >= 11 is 6.68. The van der Waals surface area contributed by atoms with Crippen LogP contribution in [0, 0.1) is 0 Å². The smallest absolute Gasteiger partial charge is 0.0562 e. The number of fused-ring (bicyclic) bond motifs is 2. The van der Waals surface area contributed by atoms with Crippen LogP contribution in [0.4, 0.5) is 0 Å². The summed E-state index contributed by atoms with van der Waals surface area (Å²) in [5, 5.41) is 9.35. The van der Waals surface area contributed by atoms with Gasteiger partial charge in [-0.15, -0.1) is 0 Å². The van der Waals surface area contributed by atoms with Crippen LogP contribution in [-0.4, -0.2) is 31.1 Å². The molecule has 3 heteroatoms. The van der Waals surface area contributed by atoms with Gasteiger partial charge in [-0.3, -0.25) is 0 Å². The van der Waals surface area contributed by atoms with Crippen molar-refractivity contribution in [1.29, 1.82) is 0 Å². The van der Waals surface area contributed by atoms with Crippen LogP contribution in [-0.2, 0) is 6.54 Å². The minimum atomic E-state index is 0.864. The molecule has 2 nitrogen and oxygen atoms in total. The van der Waals surface area contributed by atoms with Crippen molar-refractivity contribution in [2.75, 3.05) is 26.2 Å². The maximum Gasteiger partial charge on any atom is 0.0562 e. The third-order valence-corrected chi connectivity index (χ3v) is 5.74. The lowest BCUT2D eigenvalue weighted by molar-refractivity contribution is 0.229. The van der Waals surface area contributed by atoms with E-state index in [0.717, 1.165) is 35.4 Å². The van der Waals surface area contributed by atoms with Gasteiger partial charge in [0.1, 0.15) is 0 Å². The Morgan fingerprint density at radius 2 is 1.36 bits per heavy atom. The molecule has 4 rings (SSSR count). The second kappa shape index (κ2) is 7.74. The largest absolute Gasteiger partial charge is 0.311 e. The Morgan fingerprint density at radius 1 is 0.800 bits per heavy atom. The fourth-order valence-electron chi connectivity index (χ4n) is 3.99. The third kappa shape index (κ3) is 3.52. The molecule has 1 aliphatic rings. The topological polar surface area (TPSA) is 15.3 Å². The van der Waals surface area contributed by atoms with Gasteiger partial charge in [-0.05, 0) is 42.3 Å². The molecule has 0 unspecified atom stereocenters. The highest BCUT2D eigenvalue weighted by atomic mass is 35.5. The zero-order valence-electron chi connectivity index (χ0n) is 14.6. The highest BCUT2D eigenvalue weighted by Gasteiger charge is 2.12. The molecular formula is C22H25ClN2. The number of halogens is 1. The number of likely N-dealkylation sites (tertiary alicyclic amines) is 1. The van der Waals surface area contributed by atoms with Crippen molar-refractivity contribution in [1.82, 2.24) is 10.2 Å². The normalized spacial score (nSPS) is 15.9. The van der Waals surface area contributed by atoms with E-state index in [1.54, 1.807) is 0 Å². The lowest BCUT2D eigenvalue weighted by atomic mass is 9.96. The van der Waals surface area contributed by atoms with Crippen molar-refractivity contribution in [3.05, 3.63) is 59.1 Å². The molecule has 1 heterocycles. The van der Waals surface area contributed by atoms with E-state index in [1.807, 2.05) is 0 Å². The number of piperidine rings is 1. The first kappa shape index (κ1) is 16.8. The lowest BCUT2D eigenvalue weighted by Crippen LogP contribution is -2.35. The first-order valence-corrected chi connectivity index (χ1v) is 9.73. The van der Waals surface area contributed by atoms with E-state index in [-0.39, 0.29) is 0 Å². The zero-order valence-corrected chi connectivity index (χ0v) is 15.4. The van der Waals surface area contributed by atoms with Gasteiger partial charge in [0.15, 0.2) is 0 Å². The van der Waals surface area contributed by atoms with Crippen molar-refractivity contribution < 1.29 is 0 Å². The molecule has 0 amide bonds. The first-order chi connectivity index (χ1) is 12.3. The Balaban J connectivity index is 1.58. The number of rotatable bonds is 5. The summed E-state index contributed by atoms with van der Waals surface area (Å²) in [5.74, 6) is 0. The lowest BCUT2D eigenvalue weighted by Gasteiger charge is -2.26. The van der Waals surface area contributed by atoms with Crippen LogP contribution in [0.1, 0.15) is 24.8 Å². The zero-order chi connectivity index (χ0) is 17.1. The van der Waals surface area contributed by atoms with Crippen LogP contribution in [0.2, 0.25) is 5.02 Å². The number of nitrogens with one attached hydrogen (secondary N) is 1. The van der Waals surface area contributed by atoms with Crippen molar-refractivity contribution in [3.8, 4) is 0 Å². The summed E-state index contributed by atoms with van der Waals surface area (Å²) in [4.78, 5) is 2.58. The Kier molecular flexibility index (Phi) is 5.21. The van der Waals surface area contributed by atoms with Gasteiger partial charge in [-0.25, -0.2) is 0 Å². The Bertz CT molecular complexity index is 811. The predicted molar refractivity (Wildman–Crippen MR) is 108 cm³/mol. The molecule has 1 fully saturated rings. The molecule has 1 aliphatic heterocycles. The molecule has 0 bridgehead atoms. The average molecular weight is 353 g/mol. The van der Waals surface area contributed by atoms with Crippen LogP contribution in [0.25, 0.3) is 21.5 Å². The first-order valence-electron chi connectivity index (χ1n) is 9.35. The Hall–Kier alpha value is -1.61.